The van der Waals surface area contributed by atoms with Crippen LogP contribution in [0.25, 0.3) is 0 Å². The molecule has 2 aromatic rings. The number of alkyl halides is 3. The van der Waals surface area contributed by atoms with E-state index in [0.29, 0.717) is 43.3 Å². The molecular weight excluding hydrogens is 401 g/mol. The van der Waals surface area contributed by atoms with E-state index in [-0.39, 0.29) is 11.7 Å². The zero-order valence-corrected chi connectivity index (χ0v) is 16.5. The van der Waals surface area contributed by atoms with E-state index in [0.717, 1.165) is 13.1 Å². The van der Waals surface area contributed by atoms with Gasteiger partial charge in [-0.25, -0.2) is 0 Å². The van der Waals surface area contributed by atoms with Crippen molar-refractivity contribution >= 4 is 5.91 Å². The van der Waals surface area contributed by atoms with E-state index in [1.165, 1.54) is 24.3 Å². The average Bonchev–Trinajstić information content (AvgIpc) is 2.74. The lowest BCUT2D eigenvalue weighted by atomic mass is 10.1. The van der Waals surface area contributed by atoms with Crippen molar-refractivity contribution in [1.82, 2.24) is 9.80 Å². The van der Waals surface area contributed by atoms with Crippen LogP contribution in [0.3, 0.4) is 0 Å². The maximum absolute atomic E-state index is 12.6. The summed E-state index contributed by atoms with van der Waals surface area (Å²) in [5.41, 5.74) is 0.630. The van der Waals surface area contributed by atoms with Crippen LogP contribution in [0.1, 0.15) is 10.4 Å². The van der Waals surface area contributed by atoms with E-state index >= 15 is 0 Å². The Labute approximate surface area is 172 Å². The number of rotatable bonds is 7. The van der Waals surface area contributed by atoms with Gasteiger partial charge in [-0.05, 0) is 48.5 Å². The first kappa shape index (κ1) is 21.8. The Kier molecular flexibility index (Phi) is 7.04. The molecule has 0 unspecified atom stereocenters. The van der Waals surface area contributed by atoms with E-state index in [4.69, 9.17) is 9.47 Å². The van der Waals surface area contributed by atoms with Crippen LogP contribution in [0, 0.1) is 0 Å². The molecule has 162 valence electrons. The normalized spacial score (nSPS) is 15.0. The highest BCUT2D eigenvalue weighted by atomic mass is 19.4. The second kappa shape index (κ2) is 9.71. The Morgan fingerprint density at radius 3 is 2.03 bits per heavy atom. The molecule has 0 aliphatic carbocycles. The summed E-state index contributed by atoms with van der Waals surface area (Å²) in [6, 6.07) is 12.3. The second-order valence-electron chi connectivity index (χ2n) is 6.73. The summed E-state index contributed by atoms with van der Waals surface area (Å²) in [6.07, 6.45) is -4.71. The predicted octanol–water partition coefficient (Wildman–Crippen LogP) is 3.43. The van der Waals surface area contributed by atoms with Crippen molar-refractivity contribution in [1.29, 1.82) is 0 Å². The maximum atomic E-state index is 12.6. The molecule has 1 aliphatic heterocycles. The molecule has 1 amide bonds. The number of methoxy groups -OCH3 is 1. The number of carbonyl (C=O) groups excluding carboxylic acids is 1. The highest BCUT2D eigenvalue weighted by molar-refractivity contribution is 5.94. The van der Waals surface area contributed by atoms with Crippen molar-refractivity contribution in [2.75, 3.05) is 46.4 Å². The number of ether oxygens (including phenoxy) is 3. The number of hydrogen-bond donors (Lipinski definition) is 0. The van der Waals surface area contributed by atoms with E-state index in [1.807, 2.05) is 4.90 Å². The zero-order valence-electron chi connectivity index (χ0n) is 16.5. The quantitative estimate of drug-likeness (QED) is 0.682. The number of nitrogens with zero attached hydrogens (tertiary/aromatic N) is 2. The van der Waals surface area contributed by atoms with Crippen LogP contribution >= 0.6 is 0 Å². The van der Waals surface area contributed by atoms with Gasteiger partial charge in [0.2, 0.25) is 0 Å². The maximum Gasteiger partial charge on any atom is 0.573 e. The zero-order chi connectivity index (χ0) is 21.6. The van der Waals surface area contributed by atoms with Gasteiger partial charge in [0.15, 0.2) is 0 Å². The Bertz CT molecular complexity index is 818. The molecule has 0 bridgehead atoms. The number of carbonyl (C=O) groups is 1. The van der Waals surface area contributed by atoms with Gasteiger partial charge >= 0.3 is 6.36 Å². The summed E-state index contributed by atoms with van der Waals surface area (Å²) in [6.45, 7) is 3.74. The van der Waals surface area contributed by atoms with Crippen molar-refractivity contribution in [3.63, 3.8) is 0 Å². The van der Waals surface area contributed by atoms with Crippen LogP contribution in [0.4, 0.5) is 13.2 Å². The van der Waals surface area contributed by atoms with Gasteiger partial charge < -0.3 is 19.1 Å². The molecule has 1 heterocycles. The third kappa shape index (κ3) is 6.28. The molecule has 30 heavy (non-hydrogen) atoms. The lowest BCUT2D eigenvalue weighted by Gasteiger charge is -2.34. The van der Waals surface area contributed by atoms with Crippen LogP contribution in [0.15, 0.2) is 48.5 Å². The average molecular weight is 424 g/mol. The third-order valence-corrected chi connectivity index (χ3v) is 4.73. The molecular formula is C21H23F3N2O4. The van der Waals surface area contributed by atoms with Crippen LogP contribution in [0.2, 0.25) is 0 Å². The molecule has 0 saturated carbocycles. The fourth-order valence-electron chi connectivity index (χ4n) is 3.12. The first-order chi connectivity index (χ1) is 14.3. The van der Waals surface area contributed by atoms with Gasteiger partial charge in [0, 0.05) is 38.3 Å². The Morgan fingerprint density at radius 1 is 0.900 bits per heavy atom. The number of hydrogen-bond acceptors (Lipinski definition) is 5. The number of amides is 1. The molecule has 9 heteroatoms. The fraction of sp³-hybridized carbons (Fsp3) is 0.381. The van der Waals surface area contributed by atoms with Crippen molar-refractivity contribution in [2.24, 2.45) is 0 Å². The topological polar surface area (TPSA) is 51.2 Å². The molecule has 0 aromatic heterocycles. The van der Waals surface area contributed by atoms with Gasteiger partial charge in [-0.3, -0.25) is 9.69 Å². The van der Waals surface area contributed by atoms with Crippen LogP contribution in [-0.4, -0.2) is 68.5 Å². The number of benzene rings is 2. The minimum absolute atomic E-state index is 0.00489. The van der Waals surface area contributed by atoms with Crippen LogP contribution in [-0.2, 0) is 0 Å². The Hall–Kier alpha value is -2.94. The summed E-state index contributed by atoms with van der Waals surface area (Å²) < 4.78 is 51.0. The second-order valence-corrected chi connectivity index (χ2v) is 6.73. The highest BCUT2D eigenvalue weighted by Crippen LogP contribution is 2.24. The molecule has 1 fully saturated rings. The van der Waals surface area contributed by atoms with E-state index < -0.39 is 6.36 Å². The molecule has 6 nitrogen and oxygen atoms in total. The van der Waals surface area contributed by atoms with E-state index in [1.54, 1.807) is 31.4 Å². The standard InChI is InChI=1S/C21H23F3N2O4/c1-28-17-4-2-16(3-5-17)20(27)26-12-10-25(11-13-26)14-15-29-18-6-8-19(9-7-18)30-21(22,23)24/h2-9H,10-15H2,1H3. The number of halogens is 3. The predicted molar refractivity (Wildman–Crippen MR) is 104 cm³/mol. The summed E-state index contributed by atoms with van der Waals surface area (Å²) in [4.78, 5) is 16.6. The summed E-state index contributed by atoms with van der Waals surface area (Å²) in [5, 5.41) is 0. The van der Waals surface area contributed by atoms with Gasteiger partial charge in [0.1, 0.15) is 23.9 Å². The third-order valence-electron chi connectivity index (χ3n) is 4.73. The van der Waals surface area contributed by atoms with Gasteiger partial charge in [-0.1, -0.05) is 0 Å². The number of piperazine rings is 1. The lowest BCUT2D eigenvalue weighted by Crippen LogP contribution is -2.49. The van der Waals surface area contributed by atoms with Gasteiger partial charge in [0.05, 0.1) is 7.11 Å². The smallest absolute Gasteiger partial charge is 0.497 e. The minimum Gasteiger partial charge on any atom is -0.497 e. The van der Waals surface area contributed by atoms with E-state index in [2.05, 4.69) is 9.64 Å². The lowest BCUT2D eigenvalue weighted by molar-refractivity contribution is -0.274. The van der Waals surface area contributed by atoms with Gasteiger partial charge in [-0.2, -0.15) is 0 Å². The van der Waals surface area contributed by atoms with Crippen LogP contribution in [0.5, 0.6) is 17.2 Å². The van der Waals surface area contributed by atoms with Crippen molar-refractivity contribution in [3.8, 4) is 17.2 Å². The van der Waals surface area contributed by atoms with Crippen molar-refractivity contribution in [3.05, 3.63) is 54.1 Å². The Balaban J connectivity index is 1.39. The fourth-order valence-corrected chi connectivity index (χ4v) is 3.12. The van der Waals surface area contributed by atoms with Gasteiger partial charge in [0.25, 0.3) is 5.91 Å². The monoisotopic (exact) mass is 424 g/mol. The summed E-state index contributed by atoms with van der Waals surface area (Å²) >= 11 is 0. The van der Waals surface area contributed by atoms with Gasteiger partial charge in [-0.15, -0.1) is 13.2 Å². The summed E-state index contributed by atoms with van der Waals surface area (Å²) in [5.74, 6) is 0.888. The van der Waals surface area contributed by atoms with Crippen molar-refractivity contribution in [2.45, 2.75) is 6.36 Å². The summed E-state index contributed by atoms with van der Waals surface area (Å²) in [7, 11) is 1.58. The van der Waals surface area contributed by atoms with Crippen LogP contribution < -0.4 is 14.2 Å². The molecule has 3 rings (SSSR count). The Morgan fingerprint density at radius 2 is 1.47 bits per heavy atom. The first-order valence-corrected chi connectivity index (χ1v) is 9.48. The molecule has 0 N–H and O–H groups in total. The van der Waals surface area contributed by atoms with Crippen molar-refractivity contribution < 1.29 is 32.2 Å². The molecule has 1 aliphatic rings. The molecule has 0 atom stereocenters. The highest BCUT2D eigenvalue weighted by Gasteiger charge is 2.31. The molecule has 2 aromatic carbocycles. The molecule has 0 radical (unpaired) electrons. The molecule has 0 spiro atoms. The first-order valence-electron chi connectivity index (χ1n) is 9.48. The largest absolute Gasteiger partial charge is 0.573 e. The SMILES string of the molecule is COc1ccc(C(=O)N2CCN(CCOc3ccc(OC(F)(F)F)cc3)CC2)cc1. The minimum atomic E-state index is -4.71. The van der Waals surface area contributed by atoms with E-state index in [9.17, 15) is 18.0 Å². The molecule has 1 saturated heterocycles.